The number of unbranched alkanes of at least 4 members (excludes halogenated alkanes) is 4. The van der Waals surface area contributed by atoms with Gasteiger partial charge in [-0.2, -0.15) is 0 Å². The van der Waals surface area contributed by atoms with Crippen molar-refractivity contribution in [2.24, 2.45) is 5.92 Å². The molecule has 2 nitrogen and oxygen atoms in total. The highest BCUT2D eigenvalue weighted by Gasteiger charge is 2.06. The van der Waals surface area contributed by atoms with E-state index in [0.717, 1.165) is 19.3 Å². The number of hydrogen-bond donors (Lipinski definition) is 1. The van der Waals surface area contributed by atoms with Gasteiger partial charge < -0.3 is 5.11 Å². The van der Waals surface area contributed by atoms with E-state index in [9.17, 15) is 4.79 Å². The molecule has 14 heavy (non-hydrogen) atoms. The highest BCUT2D eigenvalue weighted by Crippen LogP contribution is 2.14. The van der Waals surface area contributed by atoms with E-state index in [1.54, 1.807) is 0 Å². The van der Waals surface area contributed by atoms with E-state index in [2.05, 4.69) is 6.58 Å². The van der Waals surface area contributed by atoms with E-state index >= 15 is 0 Å². The van der Waals surface area contributed by atoms with Gasteiger partial charge in [-0.15, -0.1) is 6.58 Å². The van der Waals surface area contributed by atoms with Crippen molar-refractivity contribution in [3.8, 4) is 0 Å². The number of hydrogen-bond acceptors (Lipinski definition) is 1. The fourth-order valence-electron chi connectivity index (χ4n) is 1.54. The van der Waals surface area contributed by atoms with Crippen molar-refractivity contribution in [2.75, 3.05) is 0 Å². The van der Waals surface area contributed by atoms with E-state index in [1.165, 1.54) is 19.3 Å². The van der Waals surface area contributed by atoms with Gasteiger partial charge in [-0.25, -0.2) is 0 Å². The second-order valence-corrected chi connectivity index (χ2v) is 3.98. The number of carboxylic acids is 1. The first-order chi connectivity index (χ1) is 6.66. The van der Waals surface area contributed by atoms with Crippen LogP contribution >= 0.6 is 0 Å². The van der Waals surface area contributed by atoms with E-state index in [4.69, 9.17) is 5.11 Å². The molecular formula is C12H22O2. The number of carboxylic acid groups (broad SMARTS) is 1. The summed E-state index contributed by atoms with van der Waals surface area (Å²) in [5, 5.41) is 8.55. The Bertz CT molecular complexity index is 164. The first-order valence-corrected chi connectivity index (χ1v) is 5.49. The molecule has 0 aromatic rings. The Morgan fingerprint density at radius 2 is 2.00 bits per heavy atom. The summed E-state index contributed by atoms with van der Waals surface area (Å²) in [6.45, 7) is 5.69. The van der Waals surface area contributed by atoms with E-state index in [0.29, 0.717) is 12.3 Å². The minimum absolute atomic E-state index is 0.312. The minimum Gasteiger partial charge on any atom is -0.481 e. The van der Waals surface area contributed by atoms with Crippen LogP contribution in [0.25, 0.3) is 0 Å². The van der Waals surface area contributed by atoms with Crippen molar-refractivity contribution in [2.45, 2.75) is 51.9 Å². The van der Waals surface area contributed by atoms with Crippen molar-refractivity contribution in [1.29, 1.82) is 0 Å². The summed E-state index contributed by atoms with van der Waals surface area (Å²) in [7, 11) is 0. The highest BCUT2D eigenvalue weighted by molar-refractivity contribution is 5.66. The molecule has 0 rings (SSSR count). The van der Waals surface area contributed by atoms with Gasteiger partial charge in [0.05, 0.1) is 0 Å². The van der Waals surface area contributed by atoms with Gasteiger partial charge in [-0.1, -0.05) is 38.7 Å². The summed E-state index contributed by atoms with van der Waals surface area (Å²) in [6, 6.07) is 0. The van der Waals surface area contributed by atoms with Gasteiger partial charge in [0.1, 0.15) is 0 Å². The molecule has 0 aliphatic heterocycles. The van der Waals surface area contributed by atoms with Crippen molar-refractivity contribution >= 4 is 5.97 Å². The summed E-state index contributed by atoms with van der Waals surface area (Å²) >= 11 is 0. The van der Waals surface area contributed by atoms with Crippen molar-refractivity contribution in [3.05, 3.63) is 12.7 Å². The molecule has 0 saturated carbocycles. The molecule has 0 radical (unpaired) electrons. The first kappa shape index (κ1) is 13.2. The lowest BCUT2D eigenvalue weighted by Gasteiger charge is -2.07. The summed E-state index contributed by atoms with van der Waals surface area (Å²) < 4.78 is 0. The molecule has 0 aliphatic carbocycles. The van der Waals surface area contributed by atoms with Gasteiger partial charge >= 0.3 is 5.97 Å². The van der Waals surface area contributed by atoms with Crippen molar-refractivity contribution < 1.29 is 9.90 Å². The van der Waals surface area contributed by atoms with Gasteiger partial charge in [0.2, 0.25) is 0 Å². The largest absolute Gasteiger partial charge is 0.481 e. The predicted octanol–water partition coefficient (Wildman–Crippen LogP) is 3.62. The third-order valence-electron chi connectivity index (χ3n) is 2.38. The second-order valence-electron chi connectivity index (χ2n) is 3.98. The zero-order valence-corrected chi connectivity index (χ0v) is 9.17. The van der Waals surface area contributed by atoms with Crippen LogP contribution in [0, 0.1) is 5.92 Å². The van der Waals surface area contributed by atoms with Gasteiger partial charge in [0.15, 0.2) is 0 Å². The van der Waals surface area contributed by atoms with Crippen LogP contribution in [0.15, 0.2) is 12.7 Å². The minimum atomic E-state index is -0.677. The van der Waals surface area contributed by atoms with Crippen LogP contribution in [0.3, 0.4) is 0 Å². The Balaban J connectivity index is 3.18. The second kappa shape index (κ2) is 8.79. The van der Waals surface area contributed by atoms with Crippen LogP contribution in [0.2, 0.25) is 0 Å². The Labute approximate surface area is 87.0 Å². The quantitative estimate of drug-likeness (QED) is 0.454. The summed E-state index contributed by atoms with van der Waals surface area (Å²) in [5.74, 6) is -0.351. The van der Waals surface area contributed by atoms with E-state index in [1.807, 2.05) is 13.0 Å². The maximum atomic E-state index is 10.4. The summed E-state index contributed by atoms with van der Waals surface area (Å²) in [5.41, 5.74) is 0. The average molecular weight is 198 g/mol. The molecule has 0 unspecified atom stereocenters. The SMILES string of the molecule is C=CCCCCCC[C@@H](C)CC(=O)O. The Hall–Kier alpha value is -0.790. The predicted molar refractivity (Wildman–Crippen MR) is 59.3 cm³/mol. The Kier molecular flexibility index (Phi) is 8.30. The molecule has 0 aromatic heterocycles. The van der Waals surface area contributed by atoms with Crippen LogP contribution in [0.5, 0.6) is 0 Å². The van der Waals surface area contributed by atoms with Gasteiger partial charge in [-0.05, 0) is 18.8 Å². The molecule has 0 heterocycles. The molecule has 1 N–H and O–H groups in total. The normalized spacial score (nSPS) is 12.4. The van der Waals surface area contributed by atoms with Crippen LogP contribution < -0.4 is 0 Å². The molecule has 0 spiro atoms. The molecular weight excluding hydrogens is 176 g/mol. The molecule has 82 valence electrons. The Morgan fingerprint density at radius 1 is 1.36 bits per heavy atom. The third-order valence-corrected chi connectivity index (χ3v) is 2.38. The standard InChI is InChI=1S/C12H22O2/c1-3-4-5-6-7-8-9-11(2)10-12(13)14/h3,11H,1,4-10H2,2H3,(H,13,14)/t11-/m1/s1. The molecule has 0 bridgehead atoms. The average Bonchev–Trinajstić information content (AvgIpc) is 2.10. The van der Waals surface area contributed by atoms with E-state index < -0.39 is 5.97 Å². The van der Waals surface area contributed by atoms with Crippen LogP contribution in [-0.4, -0.2) is 11.1 Å². The fraction of sp³-hybridized carbons (Fsp3) is 0.750. The van der Waals surface area contributed by atoms with Crippen LogP contribution in [0.4, 0.5) is 0 Å². The lowest BCUT2D eigenvalue weighted by molar-refractivity contribution is -0.138. The molecule has 2 heteroatoms. The maximum absolute atomic E-state index is 10.4. The monoisotopic (exact) mass is 198 g/mol. The molecule has 0 amide bonds. The van der Waals surface area contributed by atoms with E-state index in [-0.39, 0.29) is 0 Å². The Morgan fingerprint density at radius 3 is 2.57 bits per heavy atom. The van der Waals surface area contributed by atoms with Gasteiger partial charge in [0, 0.05) is 6.42 Å². The zero-order valence-electron chi connectivity index (χ0n) is 9.17. The lowest BCUT2D eigenvalue weighted by Crippen LogP contribution is -2.03. The first-order valence-electron chi connectivity index (χ1n) is 5.49. The smallest absolute Gasteiger partial charge is 0.303 e. The van der Waals surface area contributed by atoms with Gasteiger partial charge in [-0.3, -0.25) is 4.79 Å². The topological polar surface area (TPSA) is 37.3 Å². The number of carbonyl (C=O) groups is 1. The van der Waals surface area contributed by atoms with Crippen LogP contribution in [-0.2, 0) is 4.79 Å². The zero-order chi connectivity index (χ0) is 10.8. The van der Waals surface area contributed by atoms with Crippen molar-refractivity contribution in [1.82, 2.24) is 0 Å². The lowest BCUT2D eigenvalue weighted by atomic mass is 9.99. The molecule has 0 fully saturated rings. The summed E-state index contributed by atoms with van der Waals surface area (Å²) in [4.78, 5) is 10.4. The number of aliphatic carboxylic acids is 1. The van der Waals surface area contributed by atoms with Gasteiger partial charge in [0.25, 0.3) is 0 Å². The van der Waals surface area contributed by atoms with Crippen molar-refractivity contribution in [3.63, 3.8) is 0 Å². The third kappa shape index (κ3) is 9.30. The molecule has 0 aromatic carbocycles. The molecule has 0 saturated heterocycles. The number of rotatable bonds is 9. The number of allylic oxidation sites excluding steroid dienone is 1. The molecule has 0 aliphatic rings. The molecule has 1 atom stereocenters. The highest BCUT2D eigenvalue weighted by atomic mass is 16.4. The van der Waals surface area contributed by atoms with Crippen LogP contribution in [0.1, 0.15) is 51.9 Å². The summed E-state index contributed by atoms with van der Waals surface area (Å²) in [6.07, 6.45) is 9.25. The maximum Gasteiger partial charge on any atom is 0.303 e. The fourth-order valence-corrected chi connectivity index (χ4v) is 1.54.